The Kier molecular flexibility index (Phi) is 8.16. The molecule has 5 aliphatic rings. The van der Waals surface area contributed by atoms with Crippen LogP contribution in [0.15, 0.2) is 29.2 Å². The Bertz CT molecular complexity index is 1190. The smallest absolute Gasteiger partial charge is 0.289 e. The summed E-state index contributed by atoms with van der Waals surface area (Å²) < 4.78 is 42.0. The Morgan fingerprint density at radius 2 is 1.95 bits per heavy atom. The number of sulfonamides is 1. The molecule has 4 aliphatic heterocycles. The molecule has 1 aromatic rings. The number of fused-ring (bicyclic) bond motifs is 5. The predicted molar refractivity (Wildman–Crippen MR) is 144 cm³/mol. The van der Waals surface area contributed by atoms with Gasteiger partial charge in [-0.25, -0.2) is 13.4 Å². The quantitative estimate of drug-likeness (QED) is 0.334. The zero-order valence-corrected chi connectivity index (χ0v) is 23.6. The molecule has 1 aliphatic carbocycles. The third kappa shape index (κ3) is 5.41. The van der Waals surface area contributed by atoms with E-state index in [0.29, 0.717) is 39.0 Å². The van der Waals surface area contributed by atoms with E-state index in [1.165, 1.54) is 28.6 Å². The summed E-state index contributed by atoms with van der Waals surface area (Å²) in [5, 5.41) is 28.8. The fourth-order valence-electron chi connectivity index (χ4n) is 7.53. The number of benzene rings is 1. The van der Waals surface area contributed by atoms with Crippen LogP contribution in [-0.4, -0.2) is 116 Å². The van der Waals surface area contributed by atoms with Crippen molar-refractivity contribution in [3.63, 3.8) is 0 Å². The lowest BCUT2D eigenvalue weighted by atomic mass is 9.75. The van der Waals surface area contributed by atoms with Gasteiger partial charge in [-0.3, -0.25) is 25.8 Å². The van der Waals surface area contributed by atoms with Crippen LogP contribution in [0.25, 0.3) is 0 Å². The fourth-order valence-corrected chi connectivity index (χ4v) is 9.33. The van der Waals surface area contributed by atoms with Gasteiger partial charge in [0, 0.05) is 70.3 Å². The molecular formula is C26H40N6O7S. The molecule has 4 bridgehead atoms. The summed E-state index contributed by atoms with van der Waals surface area (Å²) in [5.41, 5.74) is 3.06. The van der Waals surface area contributed by atoms with Crippen LogP contribution in [-0.2, 0) is 19.5 Å². The maximum absolute atomic E-state index is 14.2. The lowest BCUT2D eigenvalue weighted by Crippen LogP contribution is -2.59. The maximum Gasteiger partial charge on any atom is 0.289 e. The molecule has 40 heavy (non-hydrogen) atoms. The normalized spacial score (nSPS) is 38.0. The number of para-hydroxylation sites is 1. The van der Waals surface area contributed by atoms with Crippen molar-refractivity contribution in [2.24, 2.45) is 11.8 Å². The average molecular weight is 581 g/mol. The topological polar surface area (TPSA) is 150 Å². The number of hydrogen-bond donors (Lipinski definition) is 3. The molecule has 0 amide bonds. The van der Waals surface area contributed by atoms with Crippen LogP contribution in [0.5, 0.6) is 0 Å². The van der Waals surface area contributed by atoms with Crippen LogP contribution in [0.2, 0.25) is 0 Å². The minimum atomic E-state index is -4.25. The van der Waals surface area contributed by atoms with E-state index in [0.717, 1.165) is 25.9 Å². The Labute approximate surface area is 234 Å². The number of aliphatic hydroxyl groups is 1. The summed E-state index contributed by atoms with van der Waals surface area (Å²) in [6.07, 6.45) is 2.39. The molecule has 6 rings (SSSR count). The standard InChI is InChI=1S/C26H40N6O7S/c1-38-21-13-19-16-39-25-6-7-30-26(28-25)22(14-27-30)17-10-18(12-20(33)11-17)31(9-8-29(19)15-21)40(36,37)24-5-3-2-4-23(24)32(34)35/h2-5,17-22,25-28,33H,6-16H2,1H3/t17?,18?,19-,20?,21+,22?,25?,26?/m0/s1. The van der Waals surface area contributed by atoms with Crippen molar-refractivity contribution in [2.75, 3.05) is 46.4 Å². The van der Waals surface area contributed by atoms with Crippen LogP contribution in [0.1, 0.15) is 32.1 Å². The molecule has 4 heterocycles. The number of hydrogen-bond acceptors (Lipinski definition) is 11. The first-order valence-electron chi connectivity index (χ1n) is 14.3. The van der Waals surface area contributed by atoms with Crippen LogP contribution >= 0.6 is 0 Å². The molecular weight excluding hydrogens is 540 g/mol. The van der Waals surface area contributed by atoms with E-state index < -0.39 is 32.8 Å². The lowest BCUT2D eigenvalue weighted by molar-refractivity contribution is -0.387. The first-order chi connectivity index (χ1) is 19.2. The third-order valence-electron chi connectivity index (χ3n) is 9.54. The lowest BCUT2D eigenvalue weighted by Gasteiger charge is -2.44. The molecule has 0 spiro atoms. The van der Waals surface area contributed by atoms with Gasteiger partial charge in [0.1, 0.15) is 6.23 Å². The molecule has 6 unspecified atom stereocenters. The molecule has 1 saturated carbocycles. The van der Waals surface area contributed by atoms with E-state index in [1.807, 2.05) is 0 Å². The monoisotopic (exact) mass is 580 g/mol. The second kappa shape index (κ2) is 11.5. The van der Waals surface area contributed by atoms with E-state index in [4.69, 9.17) is 9.47 Å². The number of nitrogens with one attached hydrogen (secondary N) is 2. The van der Waals surface area contributed by atoms with Gasteiger partial charge in [-0.15, -0.1) is 0 Å². The van der Waals surface area contributed by atoms with E-state index in [9.17, 15) is 23.6 Å². The van der Waals surface area contributed by atoms with Gasteiger partial charge in [0.2, 0.25) is 10.0 Å². The number of nitrogens with zero attached hydrogens (tertiary/aromatic N) is 4. The fraction of sp³-hybridized carbons (Fsp3) is 0.769. The molecule has 0 aromatic heterocycles. The highest BCUT2D eigenvalue weighted by Gasteiger charge is 2.48. The molecule has 4 saturated heterocycles. The molecule has 222 valence electrons. The minimum Gasteiger partial charge on any atom is -0.393 e. The first kappa shape index (κ1) is 28.4. The van der Waals surface area contributed by atoms with Gasteiger partial charge in [-0.2, -0.15) is 4.31 Å². The van der Waals surface area contributed by atoms with E-state index in [-0.39, 0.29) is 47.8 Å². The summed E-state index contributed by atoms with van der Waals surface area (Å²) in [4.78, 5) is 13.1. The van der Waals surface area contributed by atoms with Gasteiger partial charge >= 0.3 is 0 Å². The Hall–Kier alpha value is -1.75. The van der Waals surface area contributed by atoms with Crippen molar-refractivity contribution in [2.45, 2.75) is 73.7 Å². The predicted octanol–water partition coefficient (Wildman–Crippen LogP) is 0.317. The van der Waals surface area contributed by atoms with Gasteiger partial charge in [0.05, 0.1) is 29.9 Å². The van der Waals surface area contributed by atoms with E-state index in [2.05, 4.69) is 20.7 Å². The number of aliphatic hydroxyl groups excluding tert-OH is 1. The van der Waals surface area contributed by atoms with E-state index in [1.54, 1.807) is 7.11 Å². The minimum absolute atomic E-state index is 0.0173. The molecule has 3 N–H and O–H groups in total. The van der Waals surface area contributed by atoms with Crippen LogP contribution in [0.4, 0.5) is 5.69 Å². The number of nitro groups is 1. The van der Waals surface area contributed by atoms with Crippen molar-refractivity contribution >= 4 is 15.7 Å². The number of hydrazine groups is 1. The van der Waals surface area contributed by atoms with Crippen molar-refractivity contribution < 1.29 is 27.9 Å². The van der Waals surface area contributed by atoms with Crippen molar-refractivity contribution in [3.8, 4) is 0 Å². The van der Waals surface area contributed by atoms with Crippen molar-refractivity contribution in [3.05, 3.63) is 34.4 Å². The summed E-state index contributed by atoms with van der Waals surface area (Å²) in [5.74, 6) is 0.217. The molecule has 14 heteroatoms. The SMILES string of the molecule is CO[C@@H]1C[C@H]2COC3CCN4NCC(C5CC(O)CC(C5)N(S(=O)(=O)c5ccccc5[N+](=O)[O-])CCN2C1)C4N3. The van der Waals surface area contributed by atoms with Gasteiger partial charge in [-0.05, 0) is 37.7 Å². The Morgan fingerprint density at radius 1 is 1.12 bits per heavy atom. The van der Waals surface area contributed by atoms with Crippen molar-refractivity contribution in [1.82, 2.24) is 25.0 Å². The number of ether oxygens (including phenoxy) is 2. The van der Waals surface area contributed by atoms with Crippen LogP contribution in [0.3, 0.4) is 0 Å². The number of methoxy groups -OCH3 is 1. The van der Waals surface area contributed by atoms with Crippen LogP contribution < -0.4 is 10.7 Å². The molecule has 8 atom stereocenters. The number of rotatable bonds is 4. The first-order valence-corrected chi connectivity index (χ1v) is 15.8. The zero-order chi connectivity index (χ0) is 28.0. The molecule has 13 nitrogen and oxygen atoms in total. The van der Waals surface area contributed by atoms with Crippen molar-refractivity contribution in [1.29, 1.82) is 0 Å². The largest absolute Gasteiger partial charge is 0.393 e. The molecule has 0 radical (unpaired) electrons. The third-order valence-corrected chi connectivity index (χ3v) is 11.5. The summed E-state index contributed by atoms with van der Waals surface area (Å²) in [6, 6.07) is 5.12. The summed E-state index contributed by atoms with van der Waals surface area (Å²) >= 11 is 0. The van der Waals surface area contributed by atoms with Gasteiger partial charge in [-0.1, -0.05) is 12.1 Å². The number of nitro benzene ring substituents is 1. The summed E-state index contributed by atoms with van der Waals surface area (Å²) in [6.45, 7) is 3.32. The maximum atomic E-state index is 14.2. The highest BCUT2D eigenvalue weighted by Crippen LogP contribution is 2.40. The average Bonchev–Trinajstić information content (AvgIpc) is 3.54. The second-order valence-electron chi connectivity index (χ2n) is 11.8. The summed E-state index contributed by atoms with van der Waals surface area (Å²) in [7, 11) is -2.56. The highest BCUT2D eigenvalue weighted by molar-refractivity contribution is 7.89. The van der Waals surface area contributed by atoms with E-state index >= 15 is 0 Å². The van der Waals surface area contributed by atoms with Gasteiger partial charge < -0.3 is 14.6 Å². The Balaban J connectivity index is 1.37. The second-order valence-corrected chi connectivity index (χ2v) is 13.7. The van der Waals surface area contributed by atoms with Gasteiger partial charge in [0.25, 0.3) is 5.69 Å². The molecule has 1 aromatic carbocycles. The highest BCUT2D eigenvalue weighted by atomic mass is 32.2. The van der Waals surface area contributed by atoms with Gasteiger partial charge in [0.15, 0.2) is 4.90 Å². The molecule has 5 fully saturated rings. The Morgan fingerprint density at radius 3 is 2.75 bits per heavy atom. The zero-order valence-electron chi connectivity index (χ0n) is 22.8. The van der Waals surface area contributed by atoms with Crippen LogP contribution in [0, 0.1) is 22.0 Å².